The molecule has 1 fully saturated rings. The van der Waals surface area contributed by atoms with Crippen LogP contribution < -0.4 is 10.1 Å². The minimum Gasteiger partial charge on any atom is -0.496 e. The Hall–Kier alpha value is -0.730. The summed E-state index contributed by atoms with van der Waals surface area (Å²) in [5.41, 5.74) is 1.21. The molecule has 1 unspecified atom stereocenters. The Bertz CT molecular complexity index is 334. The zero-order valence-corrected chi connectivity index (χ0v) is 8.48. The normalized spacial score (nSPS) is 25.8. The van der Waals surface area contributed by atoms with Crippen molar-refractivity contribution in [1.29, 1.82) is 0 Å². The SMILES string of the molecule is COc1ccc(Cl)cc1C1(C)CN1. The summed E-state index contributed by atoms with van der Waals surface area (Å²) in [6.07, 6.45) is 0. The summed E-state index contributed by atoms with van der Waals surface area (Å²) < 4.78 is 5.27. The lowest BCUT2D eigenvalue weighted by atomic mass is 10.0. The maximum atomic E-state index is 5.92. The first kappa shape index (κ1) is 8.85. The third kappa shape index (κ3) is 1.52. The van der Waals surface area contributed by atoms with Gasteiger partial charge in [0.05, 0.1) is 12.6 Å². The maximum Gasteiger partial charge on any atom is 0.124 e. The van der Waals surface area contributed by atoms with Gasteiger partial charge in [-0.15, -0.1) is 0 Å². The van der Waals surface area contributed by atoms with Gasteiger partial charge in [0, 0.05) is 17.1 Å². The molecule has 1 aromatic rings. The fourth-order valence-corrected chi connectivity index (χ4v) is 1.61. The van der Waals surface area contributed by atoms with E-state index in [2.05, 4.69) is 12.2 Å². The van der Waals surface area contributed by atoms with Crippen molar-refractivity contribution < 1.29 is 4.74 Å². The topological polar surface area (TPSA) is 31.2 Å². The van der Waals surface area contributed by atoms with E-state index < -0.39 is 0 Å². The minimum absolute atomic E-state index is 0.0657. The average molecular weight is 198 g/mol. The summed E-state index contributed by atoms with van der Waals surface area (Å²) in [5.74, 6) is 0.900. The van der Waals surface area contributed by atoms with E-state index in [0.717, 1.165) is 22.9 Å². The van der Waals surface area contributed by atoms with Crippen molar-refractivity contribution in [1.82, 2.24) is 5.32 Å². The van der Waals surface area contributed by atoms with Crippen LogP contribution in [0.1, 0.15) is 12.5 Å². The molecule has 0 bridgehead atoms. The van der Waals surface area contributed by atoms with Crippen molar-refractivity contribution in [2.24, 2.45) is 0 Å². The van der Waals surface area contributed by atoms with Gasteiger partial charge in [0.2, 0.25) is 0 Å². The summed E-state index contributed by atoms with van der Waals surface area (Å²) in [4.78, 5) is 0. The van der Waals surface area contributed by atoms with Crippen LogP contribution in [-0.4, -0.2) is 13.7 Å². The van der Waals surface area contributed by atoms with Crippen molar-refractivity contribution in [3.63, 3.8) is 0 Å². The second kappa shape index (κ2) is 2.89. The van der Waals surface area contributed by atoms with Crippen LogP contribution >= 0.6 is 11.6 Å². The van der Waals surface area contributed by atoms with E-state index in [0.29, 0.717) is 0 Å². The number of ether oxygens (including phenoxy) is 1. The van der Waals surface area contributed by atoms with Gasteiger partial charge in [-0.25, -0.2) is 0 Å². The highest BCUT2D eigenvalue weighted by atomic mass is 35.5. The van der Waals surface area contributed by atoms with Crippen LogP contribution in [0.15, 0.2) is 18.2 Å². The maximum absolute atomic E-state index is 5.92. The minimum atomic E-state index is 0.0657. The molecule has 2 rings (SSSR count). The molecule has 1 atom stereocenters. The zero-order chi connectivity index (χ0) is 9.47. The molecule has 0 saturated carbocycles. The molecule has 1 aliphatic heterocycles. The Balaban J connectivity index is 2.47. The average Bonchev–Trinajstić information content (AvgIpc) is 2.85. The monoisotopic (exact) mass is 197 g/mol. The van der Waals surface area contributed by atoms with Crippen molar-refractivity contribution in [2.75, 3.05) is 13.7 Å². The molecule has 1 aromatic carbocycles. The van der Waals surface area contributed by atoms with E-state index in [1.807, 2.05) is 18.2 Å². The predicted octanol–water partition coefficient (Wildman–Crippen LogP) is 2.17. The summed E-state index contributed by atoms with van der Waals surface area (Å²) >= 11 is 5.92. The number of hydrogen-bond acceptors (Lipinski definition) is 2. The Kier molecular flexibility index (Phi) is 1.97. The molecule has 0 aliphatic carbocycles. The molecular weight excluding hydrogens is 186 g/mol. The molecule has 0 amide bonds. The molecule has 3 heteroatoms. The van der Waals surface area contributed by atoms with Gasteiger partial charge in [0.15, 0.2) is 0 Å². The van der Waals surface area contributed by atoms with Gasteiger partial charge in [-0.1, -0.05) is 11.6 Å². The summed E-state index contributed by atoms with van der Waals surface area (Å²) in [6.45, 7) is 3.13. The van der Waals surface area contributed by atoms with Crippen LogP contribution in [0.5, 0.6) is 5.75 Å². The van der Waals surface area contributed by atoms with E-state index >= 15 is 0 Å². The molecule has 1 heterocycles. The van der Waals surface area contributed by atoms with Crippen molar-refractivity contribution in [3.8, 4) is 5.75 Å². The molecular formula is C10H12ClNO. The lowest BCUT2D eigenvalue weighted by molar-refractivity contribution is 0.405. The van der Waals surface area contributed by atoms with Crippen molar-refractivity contribution in [3.05, 3.63) is 28.8 Å². The van der Waals surface area contributed by atoms with Crippen LogP contribution in [0, 0.1) is 0 Å². The van der Waals surface area contributed by atoms with Gasteiger partial charge < -0.3 is 10.1 Å². The number of methoxy groups -OCH3 is 1. The number of nitrogens with one attached hydrogen (secondary N) is 1. The highest BCUT2D eigenvalue weighted by molar-refractivity contribution is 6.30. The van der Waals surface area contributed by atoms with Crippen LogP contribution in [0.4, 0.5) is 0 Å². The van der Waals surface area contributed by atoms with Gasteiger partial charge >= 0.3 is 0 Å². The van der Waals surface area contributed by atoms with Crippen LogP contribution in [0.3, 0.4) is 0 Å². The molecule has 0 spiro atoms. The molecule has 13 heavy (non-hydrogen) atoms. The highest BCUT2D eigenvalue weighted by Crippen LogP contribution is 2.37. The van der Waals surface area contributed by atoms with Crippen molar-refractivity contribution >= 4 is 11.6 Å². The van der Waals surface area contributed by atoms with Gasteiger partial charge in [0.1, 0.15) is 5.75 Å². The summed E-state index contributed by atoms with van der Waals surface area (Å²) in [5, 5.41) is 4.05. The van der Waals surface area contributed by atoms with E-state index in [-0.39, 0.29) is 5.54 Å². The quantitative estimate of drug-likeness (QED) is 0.737. The highest BCUT2D eigenvalue weighted by Gasteiger charge is 2.40. The summed E-state index contributed by atoms with van der Waals surface area (Å²) in [7, 11) is 1.68. The van der Waals surface area contributed by atoms with Gasteiger partial charge in [0.25, 0.3) is 0 Å². The number of benzene rings is 1. The first-order valence-electron chi connectivity index (χ1n) is 4.25. The first-order valence-corrected chi connectivity index (χ1v) is 4.62. The number of rotatable bonds is 2. The molecule has 0 aromatic heterocycles. The lowest BCUT2D eigenvalue weighted by Gasteiger charge is -2.12. The van der Waals surface area contributed by atoms with Crippen LogP contribution in [0.2, 0.25) is 5.02 Å². The van der Waals surface area contributed by atoms with Crippen molar-refractivity contribution in [2.45, 2.75) is 12.5 Å². The second-order valence-electron chi connectivity index (χ2n) is 3.53. The fraction of sp³-hybridized carbons (Fsp3) is 0.400. The fourth-order valence-electron chi connectivity index (χ4n) is 1.43. The van der Waals surface area contributed by atoms with Gasteiger partial charge in [-0.3, -0.25) is 0 Å². The Morgan fingerprint density at radius 2 is 2.23 bits per heavy atom. The molecule has 1 saturated heterocycles. The van der Waals surface area contributed by atoms with Gasteiger partial charge in [-0.05, 0) is 25.1 Å². The smallest absolute Gasteiger partial charge is 0.124 e. The predicted molar refractivity (Wildman–Crippen MR) is 53.4 cm³/mol. The Labute approximate surface area is 82.9 Å². The second-order valence-corrected chi connectivity index (χ2v) is 3.97. The molecule has 2 nitrogen and oxygen atoms in total. The molecule has 1 N–H and O–H groups in total. The third-order valence-electron chi connectivity index (χ3n) is 2.46. The molecule has 70 valence electrons. The summed E-state index contributed by atoms with van der Waals surface area (Å²) in [6, 6.07) is 5.71. The Morgan fingerprint density at radius 3 is 2.77 bits per heavy atom. The lowest BCUT2D eigenvalue weighted by Crippen LogP contribution is -2.08. The van der Waals surface area contributed by atoms with E-state index in [9.17, 15) is 0 Å². The molecule has 0 radical (unpaired) electrons. The third-order valence-corrected chi connectivity index (χ3v) is 2.70. The standard InChI is InChI=1S/C10H12ClNO/c1-10(6-12-10)8-5-7(11)3-4-9(8)13-2/h3-5,12H,6H2,1-2H3. The number of hydrogen-bond donors (Lipinski definition) is 1. The Morgan fingerprint density at radius 1 is 1.54 bits per heavy atom. The first-order chi connectivity index (χ1) is 6.15. The van der Waals surface area contributed by atoms with Crippen LogP contribution in [-0.2, 0) is 5.54 Å². The largest absolute Gasteiger partial charge is 0.496 e. The van der Waals surface area contributed by atoms with Crippen LogP contribution in [0.25, 0.3) is 0 Å². The van der Waals surface area contributed by atoms with Gasteiger partial charge in [-0.2, -0.15) is 0 Å². The van der Waals surface area contributed by atoms with E-state index in [1.165, 1.54) is 0 Å². The zero-order valence-electron chi connectivity index (χ0n) is 7.73. The van der Waals surface area contributed by atoms with E-state index in [4.69, 9.17) is 16.3 Å². The number of halogens is 1. The van der Waals surface area contributed by atoms with E-state index in [1.54, 1.807) is 7.11 Å². The molecule has 1 aliphatic rings.